The van der Waals surface area contributed by atoms with Crippen LogP contribution < -0.4 is 5.32 Å². The summed E-state index contributed by atoms with van der Waals surface area (Å²) in [5.74, 6) is -1.74. The Bertz CT molecular complexity index is 1250. The maximum Gasteiger partial charge on any atom is 0.411 e. The molecule has 2 amide bonds. The van der Waals surface area contributed by atoms with Crippen LogP contribution in [0, 0.1) is 11.8 Å². The first-order valence-electron chi connectivity index (χ1n) is 11.7. The molecule has 1 unspecified atom stereocenters. The topological polar surface area (TPSA) is 95.9 Å². The second kappa shape index (κ2) is 9.25. The summed E-state index contributed by atoms with van der Waals surface area (Å²) < 4.78 is 5.61. The molecule has 0 aromatic heterocycles. The van der Waals surface area contributed by atoms with Crippen LogP contribution in [0.5, 0.6) is 0 Å². The summed E-state index contributed by atoms with van der Waals surface area (Å²) >= 11 is 0. The van der Waals surface area contributed by atoms with Crippen molar-refractivity contribution in [2.45, 2.75) is 12.8 Å². The third-order valence-electron chi connectivity index (χ3n) is 7.03. The van der Waals surface area contributed by atoms with Gasteiger partial charge in [0.05, 0.1) is 17.2 Å². The zero-order valence-electron chi connectivity index (χ0n) is 19.3. The monoisotopic (exact) mass is 470 g/mol. The Balaban J connectivity index is 1.24. The third-order valence-corrected chi connectivity index (χ3v) is 7.03. The molecule has 7 nitrogen and oxygen atoms in total. The van der Waals surface area contributed by atoms with Gasteiger partial charge in [-0.15, -0.1) is 0 Å². The molecule has 3 aromatic carbocycles. The van der Waals surface area contributed by atoms with Gasteiger partial charge in [0.25, 0.3) is 5.91 Å². The Kier molecular flexibility index (Phi) is 5.99. The van der Waals surface area contributed by atoms with Crippen LogP contribution in [0.2, 0.25) is 0 Å². The highest BCUT2D eigenvalue weighted by atomic mass is 16.5. The van der Waals surface area contributed by atoms with Crippen LogP contribution in [0.15, 0.2) is 72.8 Å². The normalized spacial score (nSPS) is 15.5. The molecule has 0 spiro atoms. The summed E-state index contributed by atoms with van der Waals surface area (Å²) in [4.78, 5) is 38.5. The number of amides is 2. The standard InChI is InChI=1S/C28H26N2O5/c1-17(27(32)33)18-14-30(15-18)26(31)23-12-6-7-13-25(23)29-28(34)35-16-24-21-10-4-2-8-19(21)20-9-3-5-11-22(20)24/h2-13,17-18,24H,14-16H2,1H3,(H,29,34)(H,32,33). The first-order chi connectivity index (χ1) is 16.9. The Morgan fingerprint density at radius 3 is 2.14 bits per heavy atom. The molecular formula is C28H26N2O5. The fourth-order valence-electron chi connectivity index (χ4n) is 4.89. The van der Waals surface area contributed by atoms with Crippen LogP contribution in [0.25, 0.3) is 11.1 Å². The van der Waals surface area contributed by atoms with Crippen molar-refractivity contribution in [3.63, 3.8) is 0 Å². The Morgan fingerprint density at radius 2 is 1.51 bits per heavy atom. The van der Waals surface area contributed by atoms with E-state index in [1.165, 1.54) is 0 Å². The van der Waals surface area contributed by atoms with E-state index in [0.717, 1.165) is 22.3 Å². The van der Waals surface area contributed by atoms with E-state index in [4.69, 9.17) is 4.74 Å². The number of carboxylic acids is 1. The van der Waals surface area contributed by atoms with Crippen molar-refractivity contribution in [2.75, 3.05) is 25.0 Å². The average Bonchev–Trinajstić information content (AvgIpc) is 3.15. The van der Waals surface area contributed by atoms with Crippen LogP contribution in [0.4, 0.5) is 10.5 Å². The number of anilines is 1. The largest absolute Gasteiger partial charge is 0.481 e. The smallest absolute Gasteiger partial charge is 0.411 e. The van der Waals surface area contributed by atoms with Gasteiger partial charge in [-0.3, -0.25) is 14.9 Å². The van der Waals surface area contributed by atoms with Gasteiger partial charge in [0, 0.05) is 24.9 Å². The zero-order chi connectivity index (χ0) is 24.5. The number of para-hydroxylation sites is 1. The van der Waals surface area contributed by atoms with Gasteiger partial charge in [-0.05, 0) is 34.4 Å². The molecule has 1 fully saturated rings. The number of aliphatic carboxylic acids is 1. The van der Waals surface area contributed by atoms with E-state index in [2.05, 4.69) is 29.6 Å². The van der Waals surface area contributed by atoms with Gasteiger partial charge in [-0.2, -0.15) is 0 Å². The van der Waals surface area contributed by atoms with E-state index in [0.29, 0.717) is 24.3 Å². The summed E-state index contributed by atoms with van der Waals surface area (Å²) in [6, 6.07) is 23.0. The first kappa shape index (κ1) is 22.7. The van der Waals surface area contributed by atoms with E-state index >= 15 is 0 Å². The molecule has 1 aliphatic heterocycles. The number of hydrogen-bond donors (Lipinski definition) is 2. The van der Waals surface area contributed by atoms with Crippen LogP contribution in [-0.4, -0.2) is 47.7 Å². The Morgan fingerprint density at radius 1 is 0.943 bits per heavy atom. The van der Waals surface area contributed by atoms with Gasteiger partial charge in [0.1, 0.15) is 6.61 Å². The summed E-state index contributed by atoms with van der Waals surface area (Å²) in [6.07, 6.45) is -0.631. The van der Waals surface area contributed by atoms with Crippen molar-refractivity contribution < 1.29 is 24.2 Å². The average molecular weight is 471 g/mol. The summed E-state index contributed by atoms with van der Waals surface area (Å²) in [5, 5.41) is 11.9. The number of nitrogens with one attached hydrogen (secondary N) is 1. The number of carbonyl (C=O) groups excluding carboxylic acids is 2. The van der Waals surface area contributed by atoms with Gasteiger partial charge in [0.2, 0.25) is 0 Å². The minimum atomic E-state index is -0.862. The lowest BCUT2D eigenvalue weighted by Gasteiger charge is -2.41. The highest BCUT2D eigenvalue weighted by Gasteiger charge is 2.38. The van der Waals surface area contributed by atoms with Crippen LogP contribution in [-0.2, 0) is 9.53 Å². The van der Waals surface area contributed by atoms with Crippen molar-refractivity contribution in [1.29, 1.82) is 0 Å². The summed E-state index contributed by atoms with van der Waals surface area (Å²) in [6.45, 7) is 2.59. The molecule has 5 rings (SSSR count). The first-order valence-corrected chi connectivity index (χ1v) is 11.7. The third kappa shape index (κ3) is 4.25. The number of hydrogen-bond acceptors (Lipinski definition) is 4. The van der Waals surface area contributed by atoms with Crippen molar-refractivity contribution in [1.82, 2.24) is 4.90 Å². The van der Waals surface area contributed by atoms with Crippen LogP contribution >= 0.6 is 0 Å². The molecule has 2 N–H and O–H groups in total. The number of benzene rings is 3. The molecule has 1 aliphatic carbocycles. The lowest BCUT2D eigenvalue weighted by Crippen LogP contribution is -2.53. The van der Waals surface area contributed by atoms with Gasteiger partial charge in [-0.25, -0.2) is 4.79 Å². The van der Waals surface area contributed by atoms with E-state index in [1.54, 1.807) is 36.1 Å². The molecule has 1 heterocycles. The predicted molar refractivity (Wildman–Crippen MR) is 131 cm³/mol. The second-order valence-electron chi connectivity index (χ2n) is 9.09. The van der Waals surface area contributed by atoms with Crippen molar-refractivity contribution in [3.8, 4) is 11.1 Å². The second-order valence-corrected chi connectivity index (χ2v) is 9.09. The lowest BCUT2D eigenvalue weighted by atomic mass is 9.86. The van der Waals surface area contributed by atoms with Gasteiger partial charge < -0.3 is 14.7 Å². The molecule has 7 heteroatoms. The van der Waals surface area contributed by atoms with Gasteiger partial charge in [-0.1, -0.05) is 67.6 Å². The molecule has 1 atom stereocenters. The number of carboxylic acid groups (broad SMARTS) is 1. The molecule has 1 saturated heterocycles. The molecule has 35 heavy (non-hydrogen) atoms. The summed E-state index contributed by atoms with van der Waals surface area (Å²) in [5.41, 5.74) is 5.27. The quantitative estimate of drug-likeness (QED) is 0.537. The minimum absolute atomic E-state index is 0.0562. The number of ether oxygens (including phenoxy) is 1. The fourth-order valence-corrected chi connectivity index (χ4v) is 4.89. The molecule has 2 aliphatic rings. The van der Waals surface area contributed by atoms with E-state index < -0.39 is 18.0 Å². The zero-order valence-corrected chi connectivity index (χ0v) is 19.3. The van der Waals surface area contributed by atoms with Crippen LogP contribution in [0.1, 0.15) is 34.3 Å². The lowest BCUT2D eigenvalue weighted by molar-refractivity contribution is -0.144. The molecule has 0 bridgehead atoms. The van der Waals surface area contributed by atoms with Gasteiger partial charge in [0.15, 0.2) is 0 Å². The highest BCUT2D eigenvalue weighted by Crippen LogP contribution is 2.44. The van der Waals surface area contributed by atoms with Gasteiger partial charge >= 0.3 is 12.1 Å². The Hall–Kier alpha value is -4.13. The number of likely N-dealkylation sites (tertiary alicyclic amines) is 1. The minimum Gasteiger partial charge on any atom is -0.481 e. The predicted octanol–water partition coefficient (Wildman–Crippen LogP) is 4.84. The molecular weight excluding hydrogens is 444 g/mol. The van der Waals surface area contributed by atoms with Crippen molar-refractivity contribution in [3.05, 3.63) is 89.5 Å². The highest BCUT2D eigenvalue weighted by molar-refractivity contribution is 6.03. The fraction of sp³-hybridized carbons (Fsp3) is 0.250. The number of rotatable bonds is 6. The molecule has 178 valence electrons. The van der Waals surface area contributed by atoms with Crippen molar-refractivity contribution in [2.24, 2.45) is 11.8 Å². The number of nitrogens with zero attached hydrogens (tertiary/aromatic N) is 1. The Labute approximate surface area is 203 Å². The molecule has 0 radical (unpaired) electrons. The van der Waals surface area contributed by atoms with E-state index in [9.17, 15) is 19.5 Å². The number of fused-ring (bicyclic) bond motifs is 3. The maximum atomic E-state index is 13.0. The molecule has 3 aromatic rings. The van der Waals surface area contributed by atoms with E-state index in [1.807, 2.05) is 24.3 Å². The van der Waals surface area contributed by atoms with Crippen molar-refractivity contribution >= 4 is 23.7 Å². The van der Waals surface area contributed by atoms with E-state index in [-0.39, 0.29) is 24.3 Å². The van der Waals surface area contributed by atoms with Crippen LogP contribution in [0.3, 0.4) is 0 Å². The summed E-state index contributed by atoms with van der Waals surface area (Å²) in [7, 11) is 0. The molecule has 0 saturated carbocycles. The number of carbonyl (C=O) groups is 3. The SMILES string of the molecule is CC(C(=O)O)C1CN(C(=O)c2ccccc2NC(=O)OCC2c3ccccc3-c3ccccc32)C1. The maximum absolute atomic E-state index is 13.0.